The number of rotatable bonds is 7. The van der Waals surface area contributed by atoms with Gasteiger partial charge in [0.05, 0.1) is 10.6 Å². The van der Waals surface area contributed by atoms with E-state index >= 15 is 0 Å². The highest BCUT2D eigenvalue weighted by Crippen LogP contribution is 2.21. The van der Waals surface area contributed by atoms with Crippen LogP contribution in [0.4, 0.5) is 11.4 Å². The molecule has 0 fully saturated rings. The fourth-order valence-corrected chi connectivity index (χ4v) is 5.11. The zero-order valence-electron chi connectivity index (χ0n) is 16.4. The van der Waals surface area contributed by atoms with E-state index in [-0.39, 0.29) is 16.3 Å². The molecule has 0 unspecified atom stereocenters. The van der Waals surface area contributed by atoms with E-state index in [4.69, 9.17) is 11.6 Å². The van der Waals surface area contributed by atoms with Gasteiger partial charge in [0.15, 0.2) is 0 Å². The fraction of sp³-hybridized carbons (Fsp3) is 0.143. The molecule has 0 aromatic heterocycles. The number of halogens is 1. The van der Waals surface area contributed by atoms with Crippen LogP contribution in [-0.4, -0.2) is 16.8 Å². The highest BCUT2D eigenvalue weighted by atomic mass is 35.5. The van der Waals surface area contributed by atoms with E-state index in [0.29, 0.717) is 16.3 Å². The molecule has 0 spiro atoms. The normalized spacial score (nSPS) is 11.8. The quantitative estimate of drug-likeness (QED) is 0.530. The summed E-state index contributed by atoms with van der Waals surface area (Å²) in [6.45, 7) is 3.85. The highest BCUT2D eigenvalue weighted by molar-refractivity contribution is 7.92. The minimum Gasteiger partial charge on any atom is -0.283 e. The molecular formula is C21H21ClN2O4S2. The fourth-order valence-electron chi connectivity index (χ4n) is 2.74. The van der Waals surface area contributed by atoms with Gasteiger partial charge in [-0.1, -0.05) is 29.8 Å². The Morgan fingerprint density at radius 1 is 0.733 bits per heavy atom. The lowest BCUT2D eigenvalue weighted by Gasteiger charge is -2.11. The zero-order valence-corrected chi connectivity index (χ0v) is 18.8. The Kier molecular flexibility index (Phi) is 6.40. The molecule has 0 saturated carbocycles. The second-order valence-electron chi connectivity index (χ2n) is 6.92. The summed E-state index contributed by atoms with van der Waals surface area (Å²) in [5.74, 6) is -0.224. The minimum atomic E-state index is -3.80. The number of hydrogen-bond acceptors (Lipinski definition) is 4. The molecule has 0 heterocycles. The second kappa shape index (κ2) is 8.67. The number of sulfonamides is 2. The lowest BCUT2D eigenvalue weighted by Crippen LogP contribution is -2.16. The van der Waals surface area contributed by atoms with Crippen LogP contribution in [0.25, 0.3) is 0 Å². The van der Waals surface area contributed by atoms with Gasteiger partial charge in [0.25, 0.3) is 10.0 Å². The third kappa shape index (κ3) is 5.75. The molecule has 0 bridgehead atoms. The van der Waals surface area contributed by atoms with Crippen LogP contribution in [0.2, 0.25) is 5.02 Å². The lowest BCUT2D eigenvalue weighted by atomic mass is 10.1. The van der Waals surface area contributed by atoms with Crippen molar-refractivity contribution in [3.05, 3.63) is 88.4 Å². The van der Waals surface area contributed by atoms with Crippen LogP contribution in [0.15, 0.2) is 71.6 Å². The van der Waals surface area contributed by atoms with Crippen LogP contribution >= 0.6 is 11.6 Å². The first kappa shape index (κ1) is 22.1. The van der Waals surface area contributed by atoms with E-state index in [1.807, 2.05) is 19.9 Å². The van der Waals surface area contributed by atoms with Crippen LogP contribution in [-0.2, 0) is 25.8 Å². The van der Waals surface area contributed by atoms with E-state index in [0.717, 1.165) is 11.1 Å². The van der Waals surface area contributed by atoms with Crippen molar-refractivity contribution in [3.8, 4) is 0 Å². The Labute approximate surface area is 182 Å². The van der Waals surface area contributed by atoms with Crippen molar-refractivity contribution in [1.82, 2.24) is 0 Å². The molecule has 2 N–H and O–H groups in total. The van der Waals surface area contributed by atoms with Crippen LogP contribution in [0.5, 0.6) is 0 Å². The van der Waals surface area contributed by atoms with E-state index < -0.39 is 20.0 Å². The Balaban J connectivity index is 1.71. The zero-order chi connectivity index (χ0) is 21.9. The van der Waals surface area contributed by atoms with Crippen LogP contribution in [0.1, 0.15) is 16.7 Å². The van der Waals surface area contributed by atoms with Crippen LogP contribution in [0.3, 0.4) is 0 Å². The number of nitrogens with one attached hydrogen (secondary N) is 2. The molecule has 0 radical (unpaired) electrons. The number of aryl methyl sites for hydroxylation is 2. The molecule has 3 aromatic rings. The maximum atomic E-state index is 12.6. The van der Waals surface area contributed by atoms with Crippen molar-refractivity contribution in [1.29, 1.82) is 0 Å². The van der Waals surface area contributed by atoms with Gasteiger partial charge >= 0.3 is 0 Å². The van der Waals surface area contributed by atoms with E-state index in [1.54, 1.807) is 36.4 Å². The third-order valence-corrected chi connectivity index (χ3v) is 7.38. The summed E-state index contributed by atoms with van der Waals surface area (Å²) in [4.78, 5) is 0.0291. The standard InChI is InChI=1S/C21H21ClN2O4S2/c1-15-3-8-20(13-16(15)2)24-30(27,28)21-11-9-19(10-12-21)23-29(25,26)14-17-4-6-18(22)7-5-17/h3-13,23-24H,14H2,1-2H3. The van der Waals surface area contributed by atoms with E-state index in [1.165, 1.54) is 24.3 Å². The molecule has 6 nitrogen and oxygen atoms in total. The maximum absolute atomic E-state index is 12.6. The van der Waals surface area contributed by atoms with E-state index in [2.05, 4.69) is 9.44 Å². The second-order valence-corrected chi connectivity index (χ2v) is 10.8. The van der Waals surface area contributed by atoms with Crippen molar-refractivity contribution in [2.45, 2.75) is 24.5 Å². The first-order valence-electron chi connectivity index (χ1n) is 8.99. The first-order chi connectivity index (χ1) is 14.0. The molecule has 0 aliphatic rings. The van der Waals surface area contributed by atoms with Gasteiger partial charge in [-0.25, -0.2) is 16.8 Å². The lowest BCUT2D eigenvalue weighted by molar-refractivity contribution is 0.599. The predicted molar refractivity (Wildman–Crippen MR) is 121 cm³/mol. The number of benzene rings is 3. The minimum absolute atomic E-state index is 0.0291. The SMILES string of the molecule is Cc1ccc(NS(=O)(=O)c2ccc(NS(=O)(=O)Cc3ccc(Cl)cc3)cc2)cc1C. The molecule has 0 atom stereocenters. The molecule has 0 amide bonds. The van der Waals surface area contributed by atoms with Gasteiger partial charge in [-0.15, -0.1) is 0 Å². The number of anilines is 2. The van der Waals surface area contributed by atoms with Gasteiger partial charge in [0.1, 0.15) is 0 Å². The smallest absolute Gasteiger partial charge is 0.261 e. The average molecular weight is 465 g/mol. The maximum Gasteiger partial charge on any atom is 0.261 e. The van der Waals surface area contributed by atoms with Gasteiger partial charge < -0.3 is 0 Å². The molecule has 3 aromatic carbocycles. The molecule has 0 aliphatic heterocycles. The molecule has 9 heteroatoms. The Morgan fingerprint density at radius 2 is 1.33 bits per heavy atom. The van der Waals surface area contributed by atoms with Gasteiger partial charge in [-0.3, -0.25) is 9.44 Å². The highest BCUT2D eigenvalue weighted by Gasteiger charge is 2.16. The molecule has 30 heavy (non-hydrogen) atoms. The van der Waals surface area contributed by atoms with Crippen molar-refractivity contribution >= 4 is 43.0 Å². The Morgan fingerprint density at radius 3 is 1.93 bits per heavy atom. The van der Waals surface area contributed by atoms with Crippen LogP contribution in [0, 0.1) is 13.8 Å². The summed E-state index contributed by atoms with van der Waals surface area (Å²) in [5.41, 5.74) is 3.36. The van der Waals surface area contributed by atoms with Gasteiger partial charge in [-0.05, 0) is 79.1 Å². The van der Waals surface area contributed by atoms with Crippen molar-refractivity contribution in [2.75, 3.05) is 9.44 Å². The first-order valence-corrected chi connectivity index (χ1v) is 12.5. The summed E-state index contributed by atoms with van der Waals surface area (Å²) < 4.78 is 54.9. The van der Waals surface area contributed by atoms with Crippen molar-refractivity contribution in [3.63, 3.8) is 0 Å². The van der Waals surface area contributed by atoms with Crippen molar-refractivity contribution in [2.24, 2.45) is 0 Å². The Hall–Kier alpha value is -2.55. The van der Waals surface area contributed by atoms with Gasteiger partial charge in [0.2, 0.25) is 10.0 Å². The molecule has 0 aliphatic carbocycles. The molecule has 158 valence electrons. The summed E-state index contributed by atoms with van der Waals surface area (Å²) in [7, 11) is -7.46. The topological polar surface area (TPSA) is 92.3 Å². The van der Waals surface area contributed by atoms with Crippen LogP contribution < -0.4 is 9.44 Å². The summed E-state index contributed by atoms with van der Waals surface area (Å²) in [5, 5.41) is 0.523. The van der Waals surface area contributed by atoms with Gasteiger partial charge in [0, 0.05) is 16.4 Å². The average Bonchev–Trinajstić information content (AvgIpc) is 2.66. The summed E-state index contributed by atoms with van der Waals surface area (Å²) >= 11 is 5.81. The number of hydrogen-bond donors (Lipinski definition) is 2. The molecule has 0 saturated heterocycles. The molecular weight excluding hydrogens is 444 g/mol. The predicted octanol–water partition coefficient (Wildman–Crippen LogP) is 4.70. The van der Waals surface area contributed by atoms with Gasteiger partial charge in [-0.2, -0.15) is 0 Å². The summed E-state index contributed by atoms with van der Waals surface area (Å²) in [6.07, 6.45) is 0. The van der Waals surface area contributed by atoms with E-state index in [9.17, 15) is 16.8 Å². The largest absolute Gasteiger partial charge is 0.283 e. The summed E-state index contributed by atoms with van der Waals surface area (Å²) in [6, 6.07) is 17.3. The Bertz CT molecular complexity index is 1260. The third-order valence-electron chi connectivity index (χ3n) is 4.47. The monoisotopic (exact) mass is 464 g/mol. The molecule has 3 rings (SSSR count). The van der Waals surface area contributed by atoms with Crippen molar-refractivity contribution < 1.29 is 16.8 Å².